The molecule has 8 bridgehead atoms. The van der Waals surface area contributed by atoms with Crippen molar-refractivity contribution in [2.75, 3.05) is 4.90 Å². The van der Waals surface area contributed by atoms with E-state index in [-0.39, 0.29) is 39.2 Å². The van der Waals surface area contributed by atoms with Crippen LogP contribution >= 0.6 is 0 Å². The van der Waals surface area contributed by atoms with Gasteiger partial charge in [-0.15, -0.1) is 0 Å². The first-order valence-corrected chi connectivity index (χ1v) is 27.4. The van der Waals surface area contributed by atoms with E-state index in [9.17, 15) is 0 Å². The molecule has 0 saturated heterocycles. The highest BCUT2D eigenvalue weighted by atomic mass is 15.2. The van der Waals surface area contributed by atoms with Crippen LogP contribution in [-0.4, -0.2) is 15.8 Å². The lowest BCUT2D eigenvalue weighted by molar-refractivity contribution is 0.349. The molecule has 0 amide bonds. The molecule has 0 aliphatic carbocycles. The zero-order valence-corrected chi connectivity index (χ0v) is 46.4. The molecule has 4 aliphatic heterocycles. The van der Waals surface area contributed by atoms with Gasteiger partial charge in [-0.05, 0) is 163 Å². The maximum absolute atomic E-state index is 2.68. The first kappa shape index (κ1) is 45.8. The van der Waals surface area contributed by atoms with Gasteiger partial charge in [0.2, 0.25) is 6.71 Å². The van der Waals surface area contributed by atoms with E-state index in [2.05, 4.69) is 257 Å². The molecule has 0 N–H and O–H groups in total. The first-order chi connectivity index (χ1) is 34.8. The number of hydrogen-bond acceptors (Lipinski definition) is 1. The number of nitrogens with zero attached hydrogens (tertiary/aromatic N) is 3. The lowest BCUT2D eigenvalue weighted by atomic mass is 9.30. The van der Waals surface area contributed by atoms with Gasteiger partial charge in [0.25, 0.3) is 0 Å². The summed E-state index contributed by atoms with van der Waals surface area (Å²) < 4.78 is 5.22. The van der Waals surface area contributed by atoms with Crippen LogP contribution in [0.4, 0.5) is 17.1 Å². The van der Waals surface area contributed by atoms with Gasteiger partial charge in [-0.3, -0.25) is 0 Å². The molecule has 0 saturated carbocycles. The molecule has 74 heavy (non-hydrogen) atoms. The molecular weight excluding hydrogens is 894 g/mol. The Hall–Kier alpha value is -6.78. The van der Waals surface area contributed by atoms with E-state index < -0.39 is 0 Å². The number of para-hydroxylation sites is 1. The van der Waals surface area contributed by atoms with Crippen LogP contribution in [0.2, 0.25) is 0 Å². The second-order valence-corrected chi connectivity index (χ2v) is 27.5. The van der Waals surface area contributed by atoms with Crippen LogP contribution < -0.4 is 21.3 Å². The third-order valence-corrected chi connectivity index (χ3v) is 18.9. The molecule has 10 aromatic rings. The second kappa shape index (κ2) is 14.3. The van der Waals surface area contributed by atoms with Gasteiger partial charge in [0, 0.05) is 55.1 Å². The fourth-order valence-corrected chi connectivity index (χ4v) is 15.0. The van der Waals surface area contributed by atoms with Gasteiger partial charge in [-0.2, -0.15) is 0 Å². The lowest BCUT2D eigenvalue weighted by Gasteiger charge is -2.46. The van der Waals surface area contributed by atoms with Gasteiger partial charge in [0.05, 0.1) is 27.8 Å². The Morgan fingerprint density at radius 2 is 1.05 bits per heavy atom. The number of rotatable bonds is 2. The average Bonchev–Trinajstić information content (AvgIpc) is 3.84. The summed E-state index contributed by atoms with van der Waals surface area (Å²) in [6, 6.07) is 56.2. The Labute approximate surface area is 439 Å². The van der Waals surface area contributed by atoms with Crippen molar-refractivity contribution < 1.29 is 0 Å². The maximum Gasteiger partial charge on any atom is 0.247 e. The van der Waals surface area contributed by atoms with E-state index in [4.69, 9.17) is 0 Å². The molecule has 4 aliphatic rings. The quantitative estimate of drug-likeness (QED) is 0.157. The van der Waals surface area contributed by atoms with E-state index in [1.54, 1.807) is 0 Å². The minimum atomic E-state index is -0.295. The van der Waals surface area contributed by atoms with E-state index >= 15 is 0 Å². The molecule has 3 nitrogen and oxygen atoms in total. The van der Waals surface area contributed by atoms with Crippen molar-refractivity contribution in [3.8, 4) is 11.4 Å². The summed E-state index contributed by atoms with van der Waals surface area (Å²) in [6.45, 7) is 36.3. The van der Waals surface area contributed by atoms with Crippen LogP contribution in [0.5, 0.6) is 0 Å². The summed E-state index contributed by atoms with van der Waals surface area (Å²) >= 11 is 0. The van der Waals surface area contributed by atoms with Crippen LogP contribution in [0.15, 0.2) is 140 Å². The Bertz CT molecular complexity index is 4120. The van der Waals surface area contributed by atoms with E-state index in [0.717, 1.165) is 6.42 Å². The van der Waals surface area contributed by atoms with Crippen LogP contribution in [-0.2, 0) is 32.5 Å². The van der Waals surface area contributed by atoms with Gasteiger partial charge in [0.15, 0.2) is 0 Å². The fourth-order valence-electron chi connectivity index (χ4n) is 15.0. The molecular formula is C70H70BN3. The number of hydrogen-bond donors (Lipinski definition) is 0. The van der Waals surface area contributed by atoms with Crippen LogP contribution in [0.25, 0.3) is 55.0 Å². The van der Waals surface area contributed by atoms with Crippen molar-refractivity contribution in [3.05, 3.63) is 190 Å². The molecule has 14 rings (SSSR count). The fraction of sp³-hybridized carbons (Fsp3) is 0.314. The van der Waals surface area contributed by atoms with Crippen molar-refractivity contribution in [2.45, 2.75) is 143 Å². The Kier molecular flexibility index (Phi) is 8.87. The molecule has 2 aromatic heterocycles. The van der Waals surface area contributed by atoms with Gasteiger partial charge < -0.3 is 14.0 Å². The predicted octanol–water partition coefficient (Wildman–Crippen LogP) is 16.3. The number of aromatic nitrogens is 2. The Morgan fingerprint density at radius 3 is 1.77 bits per heavy atom. The van der Waals surface area contributed by atoms with Gasteiger partial charge in [-0.25, -0.2) is 0 Å². The van der Waals surface area contributed by atoms with Gasteiger partial charge in [-0.1, -0.05) is 175 Å². The maximum atomic E-state index is 2.68. The molecule has 368 valence electrons. The second-order valence-electron chi connectivity index (χ2n) is 27.5. The minimum Gasteiger partial charge on any atom is -0.311 e. The smallest absolute Gasteiger partial charge is 0.247 e. The number of anilines is 3. The molecule has 0 radical (unpaired) electrons. The van der Waals surface area contributed by atoms with E-state index in [1.165, 1.54) is 139 Å². The third-order valence-electron chi connectivity index (χ3n) is 18.9. The molecule has 0 spiro atoms. The summed E-state index contributed by atoms with van der Waals surface area (Å²) in [7, 11) is 0. The number of aryl methyl sites for hydroxylation is 1. The number of fused-ring (bicyclic) bond motifs is 5. The predicted molar refractivity (Wildman–Crippen MR) is 318 cm³/mol. The monoisotopic (exact) mass is 964 g/mol. The van der Waals surface area contributed by atoms with Crippen molar-refractivity contribution in [2.24, 2.45) is 0 Å². The Balaban J connectivity index is 1.19. The topological polar surface area (TPSA) is 13.1 Å². The van der Waals surface area contributed by atoms with Crippen molar-refractivity contribution in [1.29, 1.82) is 0 Å². The van der Waals surface area contributed by atoms with Gasteiger partial charge >= 0.3 is 0 Å². The molecule has 0 atom stereocenters. The number of benzene rings is 8. The zero-order chi connectivity index (χ0) is 51.7. The zero-order valence-electron chi connectivity index (χ0n) is 46.4. The molecule has 4 heteroatoms. The molecule has 0 unspecified atom stereocenters. The Morgan fingerprint density at radius 1 is 0.432 bits per heavy atom. The molecule has 6 heterocycles. The van der Waals surface area contributed by atoms with E-state index in [0.29, 0.717) is 0 Å². The van der Waals surface area contributed by atoms with Gasteiger partial charge in [0.1, 0.15) is 0 Å². The minimum absolute atomic E-state index is 0.000807. The van der Waals surface area contributed by atoms with Crippen molar-refractivity contribution in [3.63, 3.8) is 0 Å². The summed E-state index contributed by atoms with van der Waals surface area (Å²) in [6.07, 6.45) is 0.987. The third kappa shape index (κ3) is 6.03. The van der Waals surface area contributed by atoms with Crippen LogP contribution in [0.3, 0.4) is 0 Å². The normalized spacial score (nSPS) is 17.4. The van der Waals surface area contributed by atoms with Crippen molar-refractivity contribution >= 4 is 83.8 Å². The van der Waals surface area contributed by atoms with E-state index in [1.807, 2.05) is 0 Å². The summed E-state index contributed by atoms with van der Waals surface area (Å²) in [5, 5.41) is 5.34. The molecule has 8 aromatic carbocycles. The highest BCUT2D eigenvalue weighted by Gasteiger charge is 2.48. The lowest BCUT2D eigenvalue weighted by Crippen LogP contribution is -2.64. The largest absolute Gasteiger partial charge is 0.311 e. The SMILES string of the molecule is Cc1cc2c3c(c1)C(C)(C)c1cc4c5cc1B3c1cc3c6cc(cc7c6n(c3cc1N2c1ccc(C(C)(C)C)cc1)-c1ccc(C(C)(C)C)cc1C7(C)C)C(C)(C)CC(C)(C)c1ccc(c5c1)n4-c1ccccc1. The standard InChI is InChI=1S/C70H70BN3/c1-40-29-53-63-62(30-40)73(46-25-21-41(22-26-46)65(2,3)4)61-38-60-49-36-56(61)71(63)55-35-48-47-31-43(24-27-57(47)72(45-19-17-16-18-20-45)59(48)37-51(55)69(53,12)13)67(8,9)39-68(10,11)44-32-50(49)64-54(34-44)70(14,15)52-33-42(66(5,6)7)23-28-58(52)74(60)64/h16-38H,39H2,1-15H3. The first-order valence-electron chi connectivity index (χ1n) is 27.4. The summed E-state index contributed by atoms with van der Waals surface area (Å²) in [5.74, 6) is 0. The highest BCUT2D eigenvalue weighted by molar-refractivity contribution is 6.99. The van der Waals surface area contributed by atoms with Crippen LogP contribution in [0.1, 0.15) is 153 Å². The molecule has 0 fully saturated rings. The summed E-state index contributed by atoms with van der Waals surface area (Å²) in [4.78, 5) is 2.65. The highest BCUT2D eigenvalue weighted by Crippen LogP contribution is 2.53. The average molecular weight is 964 g/mol. The van der Waals surface area contributed by atoms with Crippen LogP contribution in [0, 0.1) is 6.92 Å². The summed E-state index contributed by atoms with van der Waals surface area (Å²) in [5.41, 5.74) is 27.3. The van der Waals surface area contributed by atoms with Crippen molar-refractivity contribution in [1.82, 2.24) is 9.13 Å².